The second-order valence-corrected chi connectivity index (χ2v) is 6.27. The van der Waals surface area contributed by atoms with Crippen LogP contribution >= 0.6 is 23.5 Å². The Morgan fingerprint density at radius 2 is 1.85 bits per heavy atom. The summed E-state index contributed by atoms with van der Waals surface area (Å²) in [7, 11) is 0. The Hall–Kier alpha value is -1.51. The van der Waals surface area contributed by atoms with Crippen LogP contribution in [-0.4, -0.2) is 5.75 Å². The zero-order valence-corrected chi connectivity index (χ0v) is 12.3. The predicted octanol–water partition coefficient (Wildman–Crippen LogP) is 5.10. The van der Waals surface area contributed by atoms with Gasteiger partial charge in [-0.2, -0.15) is 5.26 Å². The van der Waals surface area contributed by atoms with Crippen molar-refractivity contribution >= 4 is 23.5 Å². The molecule has 0 aromatic heterocycles. The Morgan fingerprint density at radius 1 is 1.10 bits per heavy atom. The fraction of sp³-hybridized carbons (Fsp3) is 0.133. The van der Waals surface area contributed by atoms with E-state index in [0.717, 1.165) is 27.7 Å². The van der Waals surface area contributed by atoms with Gasteiger partial charge in [0.05, 0.1) is 5.56 Å². The minimum absolute atomic E-state index is 0.569. The van der Waals surface area contributed by atoms with Gasteiger partial charge in [0, 0.05) is 14.7 Å². The van der Waals surface area contributed by atoms with Crippen LogP contribution in [0.5, 0.6) is 0 Å². The molecule has 2 aromatic carbocycles. The number of benzene rings is 2. The molecule has 0 N–H and O–H groups in total. The van der Waals surface area contributed by atoms with Crippen LogP contribution in [0.4, 0.5) is 8.78 Å². The van der Waals surface area contributed by atoms with E-state index in [1.54, 1.807) is 11.8 Å². The molecule has 1 nitrogen and oxygen atoms in total. The molecule has 0 aliphatic rings. The molecule has 0 heterocycles. The number of nitrogens with zero attached hydrogens (tertiary/aromatic N) is 1. The number of rotatable bonds is 4. The molecule has 2 rings (SSSR count). The van der Waals surface area contributed by atoms with Gasteiger partial charge in [0.25, 0.3) is 0 Å². The maximum atomic E-state index is 13.2. The van der Waals surface area contributed by atoms with E-state index in [2.05, 4.69) is 6.07 Å². The molecule has 0 radical (unpaired) electrons. The van der Waals surface area contributed by atoms with Crippen molar-refractivity contribution in [2.24, 2.45) is 0 Å². The SMILES string of the molecule is CCSc1cccc(Sc2ccc(F)c(F)c2)c1C#N. The van der Waals surface area contributed by atoms with Crippen LogP contribution in [0, 0.1) is 23.0 Å². The fourth-order valence-corrected chi connectivity index (χ4v) is 3.46. The molecule has 0 aliphatic heterocycles. The molecule has 0 fully saturated rings. The first-order valence-corrected chi connectivity index (χ1v) is 7.74. The molecule has 0 unspecified atom stereocenters. The first-order chi connectivity index (χ1) is 9.65. The molecule has 2 aromatic rings. The zero-order valence-electron chi connectivity index (χ0n) is 10.7. The first-order valence-electron chi connectivity index (χ1n) is 5.94. The van der Waals surface area contributed by atoms with Crippen LogP contribution in [0.15, 0.2) is 51.1 Å². The highest BCUT2D eigenvalue weighted by atomic mass is 32.2. The van der Waals surface area contributed by atoms with Crippen molar-refractivity contribution in [2.45, 2.75) is 21.6 Å². The molecule has 0 amide bonds. The normalized spacial score (nSPS) is 10.3. The van der Waals surface area contributed by atoms with Gasteiger partial charge in [-0.05, 0) is 36.1 Å². The summed E-state index contributed by atoms with van der Waals surface area (Å²) < 4.78 is 26.1. The second-order valence-electron chi connectivity index (χ2n) is 3.85. The minimum Gasteiger partial charge on any atom is -0.204 e. The lowest BCUT2D eigenvalue weighted by Crippen LogP contribution is -1.88. The van der Waals surface area contributed by atoms with E-state index in [1.807, 2.05) is 25.1 Å². The summed E-state index contributed by atoms with van der Waals surface area (Å²) in [5, 5.41) is 9.29. The van der Waals surface area contributed by atoms with Crippen molar-refractivity contribution in [3.63, 3.8) is 0 Å². The Morgan fingerprint density at radius 3 is 2.50 bits per heavy atom. The van der Waals surface area contributed by atoms with Gasteiger partial charge >= 0.3 is 0 Å². The van der Waals surface area contributed by atoms with E-state index in [0.29, 0.717) is 10.5 Å². The summed E-state index contributed by atoms with van der Waals surface area (Å²) >= 11 is 2.85. The molecule has 5 heteroatoms. The third-order valence-corrected chi connectivity index (χ3v) is 4.51. The number of nitriles is 1. The van der Waals surface area contributed by atoms with Crippen LogP contribution in [0.25, 0.3) is 0 Å². The Balaban J connectivity index is 2.35. The van der Waals surface area contributed by atoms with E-state index in [-0.39, 0.29) is 0 Å². The minimum atomic E-state index is -0.882. The van der Waals surface area contributed by atoms with Crippen molar-refractivity contribution in [3.8, 4) is 6.07 Å². The lowest BCUT2D eigenvalue weighted by Gasteiger charge is -2.08. The summed E-state index contributed by atoms with van der Waals surface area (Å²) in [6.07, 6.45) is 0. The molecule has 102 valence electrons. The summed E-state index contributed by atoms with van der Waals surface area (Å²) in [6.45, 7) is 2.01. The van der Waals surface area contributed by atoms with Crippen LogP contribution in [0.2, 0.25) is 0 Å². The zero-order chi connectivity index (χ0) is 14.5. The number of thioether (sulfide) groups is 1. The molecule has 0 saturated heterocycles. The number of hydrogen-bond donors (Lipinski definition) is 0. The topological polar surface area (TPSA) is 23.8 Å². The number of hydrogen-bond acceptors (Lipinski definition) is 3. The van der Waals surface area contributed by atoms with Crippen molar-refractivity contribution in [3.05, 3.63) is 53.6 Å². The summed E-state index contributed by atoms with van der Waals surface area (Å²) in [6, 6.07) is 11.5. The van der Waals surface area contributed by atoms with Crippen molar-refractivity contribution in [1.29, 1.82) is 5.26 Å². The largest absolute Gasteiger partial charge is 0.204 e. The first kappa shape index (κ1) is 14.9. The van der Waals surface area contributed by atoms with E-state index >= 15 is 0 Å². The maximum Gasteiger partial charge on any atom is 0.159 e. The summed E-state index contributed by atoms with van der Waals surface area (Å²) in [4.78, 5) is 2.22. The van der Waals surface area contributed by atoms with E-state index in [4.69, 9.17) is 0 Å². The van der Waals surface area contributed by atoms with Gasteiger partial charge in [-0.1, -0.05) is 24.8 Å². The third kappa shape index (κ3) is 3.33. The molecule has 20 heavy (non-hydrogen) atoms. The third-order valence-electron chi connectivity index (χ3n) is 2.52. The second kappa shape index (κ2) is 6.78. The number of halogens is 2. The van der Waals surface area contributed by atoms with Gasteiger partial charge in [0.2, 0.25) is 0 Å². The average Bonchev–Trinajstić information content (AvgIpc) is 2.44. The van der Waals surface area contributed by atoms with Gasteiger partial charge in [0.15, 0.2) is 11.6 Å². The van der Waals surface area contributed by atoms with Crippen LogP contribution < -0.4 is 0 Å². The monoisotopic (exact) mass is 307 g/mol. The Labute approximate surface area is 125 Å². The summed E-state index contributed by atoms with van der Waals surface area (Å²) in [5.74, 6) is -0.883. The quantitative estimate of drug-likeness (QED) is 0.734. The highest BCUT2D eigenvalue weighted by Crippen LogP contribution is 2.35. The van der Waals surface area contributed by atoms with Crippen molar-refractivity contribution < 1.29 is 8.78 Å². The smallest absolute Gasteiger partial charge is 0.159 e. The molecule has 0 saturated carbocycles. The average molecular weight is 307 g/mol. The highest BCUT2D eigenvalue weighted by molar-refractivity contribution is 8.00. The lowest BCUT2D eigenvalue weighted by molar-refractivity contribution is 0.506. The van der Waals surface area contributed by atoms with Gasteiger partial charge in [-0.3, -0.25) is 0 Å². The standard InChI is InChI=1S/C15H11F2NS2/c1-2-19-14-4-3-5-15(11(14)9-18)20-10-6-7-12(16)13(17)8-10/h3-8H,2H2,1H3. The van der Waals surface area contributed by atoms with E-state index in [1.165, 1.54) is 17.8 Å². The predicted molar refractivity (Wildman–Crippen MR) is 78.0 cm³/mol. The molecule has 0 atom stereocenters. The van der Waals surface area contributed by atoms with E-state index in [9.17, 15) is 14.0 Å². The van der Waals surface area contributed by atoms with Gasteiger partial charge < -0.3 is 0 Å². The van der Waals surface area contributed by atoms with Crippen molar-refractivity contribution in [1.82, 2.24) is 0 Å². The van der Waals surface area contributed by atoms with Crippen molar-refractivity contribution in [2.75, 3.05) is 5.75 Å². The molecule has 0 bridgehead atoms. The molecule has 0 aliphatic carbocycles. The Kier molecular flexibility index (Phi) is 5.05. The highest BCUT2D eigenvalue weighted by Gasteiger charge is 2.11. The lowest BCUT2D eigenvalue weighted by atomic mass is 10.2. The van der Waals surface area contributed by atoms with Gasteiger partial charge in [-0.25, -0.2) is 8.78 Å². The van der Waals surface area contributed by atoms with E-state index < -0.39 is 11.6 Å². The van der Waals surface area contributed by atoms with Crippen LogP contribution in [0.3, 0.4) is 0 Å². The maximum absolute atomic E-state index is 13.2. The molecular formula is C15H11F2NS2. The molecular weight excluding hydrogens is 296 g/mol. The fourth-order valence-electron chi connectivity index (χ4n) is 1.65. The van der Waals surface area contributed by atoms with Crippen LogP contribution in [-0.2, 0) is 0 Å². The van der Waals surface area contributed by atoms with Crippen LogP contribution in [0.1, 0.15) is 12.5 Å². The Bertz CT molecular complexity index is 665. The molecule has 0 spiro atoms. The van der Waals surface area contributed by atoms with Gasteiger partial charge in [0.1, 0.15) is 6.07 Å². The van der Waals surface area contributed by atoms with Gasteiger partial charge in [-0.15, -0.1) is 11.8 Å². The summed E-state index contributed by atoms with van der Waals surface area (Å²) in [5.41, 5.74) is 0.578.